The second-order valence-electron chi connectivity index (χ2n) is 4.98. The second-order valence-corrected chi connectivity index (χ2v) is 4.98. The highest BCUT2D eigenvalue weighted by Gasteiger charge is 2.44. The molecule has 1 fully saturated rings. The summed E-state index contributed by atoms with van der Waals surface area (Å²) in [5.74, 6) is 0. The third-order valence-corrected chi connectivity index (χ3v) is 3.43. The molecule has 0 saturated heterocycles. The Hall–Kier alpha value is -0.330. The first-order chi connectivity index (χ1) is 7.78. The van der Waals surface area contributed by atoms with Gasteiger partial charge in [-0.15, -0.1) is 0 Å². The van der Waals surface area contributed by atoms with Crippen LogP contribution in [0.5, 0.6) is 0 Å². The standard InChI is InChI=1S/C11H21F3N2O/c1-16(8-10(17)5-2-3-6-10)9(4-7-15)11(12,13)14/h9,17H,2-8,15H2,1H3. The Kier molecular flexibility index (Phi) is 4.80. The van der Waals surface area contributed by atoms with Crippen LogP contribution in [0.15, 0.2) is 0 Å². The van der Waals surface area contributed by atoms with Gasteiger partial charge in [-0.05, 0) is 32.9 Å². The number of halogens is 3. The monoisotopic (exact) mass is 254 g/mol. The predicted molar refractivity (Wildman–Crippen MR) is 59.6 cm³/mol. The molecule has 0 spiro atoms. The van der Waals surface area contributed by atoms with Crippen LogP contribution in [-0.4, -0.2) is 48.0 Å². The van der Waals surface area contributed by atoms with E-state index in [-0.39, 0.29) is 19.5 Å². The van der Waals surface area contributed by atoms with Crippen molar-refractivity contribution in [3.8, 4) is 0 Å². The lowest BCUT2D eigenvalue weighted by Crippen LogP contribution is -2.50. The minimum absolute atomic E-state index is 0.00700. The predicted octanol–water partition coefficient (Wildman–Crippen LogP) is 1.50. The molecule has 0 heterocycles. The highest BCUT2D eigenvalue weighted by molar-refractivity contribution is 4.89. The molecule has 1 rings (SSSR count). The molecule has 0 bridgehead atoms. The number of likely N-dealkylation sites (N-methyl/N-ethyl adjacent to an activating group) is 1. The summed E-state index contributed by atoms with van der Waals surface area (Å²) >= 11 is 0. The van der Waals surface area contributed by atoms with E-state index in [4.69, 9.17) is 5.73 Å². The first kappa shape index (κ1) is 14.7. The second kappa shape index (κ2) is 5.54. The SMILES string of the molecule is CN(CC1(O)CCCC1)C(CCN)C(F)(F)F. The fraction of sp³-hybridized carbons (Fsp3) is 1.00. The Labute approximate surface area is 99.8 Å². The van der Waals surface area contributed by atoms with E-state index in [0.717, 1.165) is 12.8 Å². The molecule has 3 nitrogen and oxygen atoms in total. The molecule has 17 heavy (non-hydrogen) atoms. The first-order valence-corrected chi connectivity index (χ1v) is 5.98. The molecule has 102 valence electrons. The van der Waals surface area contributed by atoms with Crippen molar-refractivity contribution in [1.29, 1.82) is 0 Å². The average Bonchev–Trinajstić information content (AvgIpc) is 2.59. The van der Waals surface area contributed by atoms with Crippen molar-refractivity contribution in [3.63, 3.8) is 0 Å². The van der Waals surface area contributed by atoms with E-state index in [9.17, 15) is 18.3 Å². The molecule has 0 aromatic carbocycles. The van der Waals surface area contributed by atoms with Gasteiger partial charge in [-0.3, -0.25) is 4.90 Å². The summed E-state index contributed by atoms with van der Waals surface area (Å²) in [6.07, 6.45) is -1.47. The van der Waals surface area contributed by atoms with Gasteiger partial charge in [0.1, 0.15) is 6.04 Å². The van der Waals surface area contributed by atoms with Crippen molar-refractivity contribution in [3.05, 3.63) is 0 Å². The third-order valence-electron chi connectivity index (χ3n) is 3.43. The third kappa shape index (κ3) is 4.12. The van der Waals surface area contributed by atoms with Crippen LogP contribution in [0, 0.1) is 0 Å². The molecule has 6 heteroatoms. The Bertz CT molecular complexity index is 239. The molecule has 1 unspecified atom stereocenters. The molecule has 3 N–H and O–H groups in total. The van der Waals surface area contributed by atoms with E-state index < -0.39 is 17.8 Å². The van der Waals surface area contributed by atoms with E-state index in [1.165, 1.54) is 11.9 Å². The van der Waals surface area contributed by atoms with Crippen molar-refractivity contribution < 1.29 is 18.3 Å². The molecule has 1 aliphatic carbocycles. The van der Waals surface area contributed by atoms with Crippen molar-refractivity contribution in [1.82, 2.24) is 4.90 Å². The summed E-state index contributed by atoms with van der Waals surface area (Å²) in [5, 5.41) is 10.1. The zero-order chi connectivity index (χ0) is 13.1. The molecular formula is C11H21F3N2O. The van der Waals surface area contributed by atoms with Gasteiger partial charge in [-0.1, -0.05) is 12.8 Å². The van der Waals surface area contributed by atoms with Gasteiger partial charge in [0.15, 0.2) is 0 Å². The molecule has 0 aromatic heterocycles. The van der Waals surface area contributed by atoms with Gasteiger partial charge in [0.05, 0.1) is 5.60 Å². The maximum atomic E-state index is 12.8. The summed E-state index contributed by atoms with van der Waals surface area (Å²) < 4.78 is 38.3. The van der Waals surface area contributed by atoms with Gasteiger partial charge >= 0.3 is 6.18 Å². The number of nitrogens with two attached hydrogens (primary N) is 1. The number of rotatable bonds is 5. The summed E-state index contributed by atoms with van der Waals surface area (Å²) in [4.78, 5) is 1.19. The van der Waals surface area contributed by atoms with Crippen molar-refractivity contribution in [2.75, 3.05) is 20.1 Å². The molecule has 1 saturated carbocycles. The van der Waals surface area contributed by atoms with Crippen LogP contribution in [0.1, 0.15) is 32.1 Å². The number of hydrogen-bond donors (Lipinski definition) is 2. The van der Waals surface area contributed by atoms with Gasteiger partial charge in [0.25, 0.3) is 0 Å². The van der Waals surface area contributed by atoms with Crippen LogP contribution in [-0.2, 0) is 0 Å². The lowest BCUT2D eigenvalue weighted by molar-refractivity contribution is -0.187. The van der Waals surface area contributed by atoms with Crippen LogP contribution >= 0.6 is 0 Å². The molecule has 0 aliphatic heterocycles. The fourth-order valence-corrected chi connectivity index (χ4v) is 2.56. The summed E-state index contributed by atoms with van der Waals surface area (Å²) in [5.41, 5.74) is 4.26. The van der Waals surface area contributed by atoms with Crippen molar-refractivity contribution in [2.24, 2.45) is 5.73 Å². The number of hydrogen-bond acceptors (Lipinski definition) is 3. The summed E-state index contributed by atoms with van der Waals surface area (Å²) in [6, 6.07) is -1.56. The maximum absolute atomic E-state index is 12.8. The smallest absolute Gasteiger partial charge is 0.389 e. The van der Waals surface area contributed by atoms with E-state index in [2.05, 4.69) is 0 Å². The van der Waals surface area contributed by atoms with Crippen LogP contribution in [0.25, 0.3) is 0 Å². The first-order valence-electron chi connectivity index (χ1n) is 5.98. The maximum Gasteiger partial charge on any atom is 0.404 e. The van der Waals surface area contributed by atoms with Gasteiger partial charge < -0.3 is 10.8 Å². The number of alkyl halides is 3. The molecule has 0 amide bonds. The van der Waals surface area contributed by atoms with Gasteiger partial charge in [0, 0.05) is 6.54 Å². The zero-order valence-corrected chi connectivity index (χ0v) is 10.1. The quantitative estimate of drug-likeness (QED) is 0.781. The topological polar surface area (TPSA) is 49.5 Å². The normalized spacial score (nSPS) is 22.1. The van der Waals surface area contributed by atoms with Crippen LogP contribution in [0.3, 0.4) is 0 Å². The van der Waals surface area contributed by atoms with Crippen molar-refractivity contribution >= 4 is 0 Å². The van der Waals surface area contributed by atoms with E-state index in [0.29, 0.717) is 12.8 Å². The van der Waals surface area contributed by atoms with Crippen LogP contribution < -0.4 is 5.73 Å². The Morgan fingerprint density at radius 2 is 1.88 bits per heavy atom. The highest BCUT2D eigenvalue weighted by atomic mass is 19.4. The van der Waals surface area contributed by atoms with Gasteiger partial charge in [-0.2, -0.15) is 13.2 Å². The summed E-state index contributed by atoms with van der Waals surface area (Å²) in [7, 11) is 1.41. The minimum Gasteiger partial charge on any atom is -0.389 e. The lowest BCUT2D eigenvalue weighted by Gasteiger charge is -2.35. The zero-order valence-electron chi connectivity index (χ0n) is 10.1. The average molecular weight is 254 g/mol. The van der Waals surface area contributed by atoms with Gasteiger partial charge in [0.2, 0.25) is 0 Å². The van der Waals surface area contributed by atoms with E-state index >= 15 is 0 Å². The molecule has 1 atom stereocenters. The Balaban J connectivity index is 2.61. The van der Waals surface area contributed by atoms with Gasteiger partial charge in [-0.25, -0.2) is 0 Å². The molecule has 1 aliphatic rings. The highest BCUT2D eigenvalue weighted by Crippen LogP contribution is 2.33. The lowest BCUT2D eigenvalue weighted by atomic mass is 10.0. The van der Waals surface area contributed by atoms with E-state index in [1.807, 2.05) is 0 Å². The minimum atomic E-state index is -4.29. The molecule has 0 radical (unpaired) electrons. The van der Waals surface area contributed by atoms with Crippen LogP contribution in [0.2, 0.25) is 0 Å². The largest absolute Gasteiger partial charge is 0.404 e. The molecule has 0 aromatic rings. The van der Waals surface area contributed by atoms with Crippen molar-refractivity contribution in [2.45, 2.75) is 49.9 Å². The number of nitrogens with zero attached hydrogens (tertiary/aromatic N) is 1. The van der Waals surface area contributed by atoms with Crippen LogP contribution in [0.4, 0.5) is 13.2 Å². The Morgan fingerprint density at radius 1 is 1.35 bits per heavy atom. The fourth-order valence-electron chi connectivity index (χ4n) is 2.56. The Morgan fingerprint density at radius 3 is 2.29 bits per heavy atom. The molecular weight excluding hydrogens is 233 g/mol. The summed E-state index contributed by atoms with van der Waals surface area (Å²) in [6.45, 7) is 0.0596. The number of aliphatic hydroxyl groups is 1. The van der Waals surface area contributed by atoms with E-state index in [1.54, 1.807) is 0 Å².